The number of amides is 3. The molecule has 4 rings (SSSR count). The van der Waals surface area contributed by atoms with E-state index in [1.54, 1.807) is 42.6 Å². The molecule has 0 unspecified atom stereocenters. The number of aryl methyl sites for hydroxylation is 1. The SMILES string of the molecule is Cc1cc(F)c(-c2cc(NC(=O)CC(=O)Nc3ccc(F)cc3)ccc2Oc2ccccc2)cc1NCC(=O)NCC(F)(F)F. The minimum absolute atomic E-state index is 0.00474. The lowest BCUT2D eigenvalue weighted by molar-refractivity contribution is -0.137. The van der Waals surface area contributed by atoms with Crippen molar-refractivity contribution in [3.63, 3.8) is 0 Å². The van der Waals surface area contributed by atoms with E-state index in [4.69, 9.17) is 4.74 Å². The fourth-order valence-corrected chi connectivity index (χ4v) is 4.12. The van der Waals surface area contributed by atoms with Crippen LogP contribution in [0.3, 0.4) is 0 Å². The van der Waals surface area contributed by atoms with Crippen LogP contribution in [-0.4, -0.2) is 37.0 Å². The molecule has 45 heavy (non-hydrogen) atoms. The van der Waals surface area contributed by atoms with Gasteiger partial charge in [0.05, 0.1) is 6.54 Å². The quantitative estimate of drug-likeness (QED) is 0.108. The van der Waals surface area contributed by atoms with Crippen molar-refractivity contribution in [1.82, 2.24) is 5.32 Å². The van der Waals surface area contributed by atoms with Gasteiger partial charge in [-0.3, -0.25) is 14.4 Å². The highest BCUT2D eigenvalue weighted by Crippen LogP contribution is 2.39. The van der Waals surface area contributed by atoms with Crippen LogP contribution in [0.15, 0.2) is 84.9 Å². The third-order valence-corrected chi connectivity index (χ3v) is 6.21. The van der Waals surface area contributed by atoms with Gasteiger partial charge in [0.1, 0.15) is 36.1 Å². The number of rotatable bonds is 11. The molecule has 0 heterocycles. The second-order valence-corrected chi connectivity index (χ2v) is 9.80. The van der Waals surface area contributed by atoms with E-state index >= 15 is 4.39 Å². The molecule has 0 saturated heterocycles. The fourth-order valence-electron chi connectivity index (χ4n) is 4.12. The van der Waals surface area contributed by atoms with Crippen LogP contribution in [0, 0.1) is 18.6 Å². The van der Waals surface area contributed by atoms with Crippen LogP contribution in [-0.2, 0) is 14.4 Å². The van der Waals surface area contributed by atoms with E-state index in [1.165, 1.54) is 42.5 Å². The lowest BCUT2D eigenvalue weighted by atomic mass is 10.00. The molecule has 4 N–H and O–H groups in total. The topological polar surface area (TPSA) is 109 Å². The molecular weight excluding hydrogens is 599 g/mol. The van der Waals surface area contributed by atoms with Gasteiger partial charge < -0.3 is 26.0 Å². The van der Waals surface area contributed by atoms with Gasteiger partial charge in [-0.1, -0.05) is 18.2 Å². The Morgan fingerprint density at radius 3 is 2.07 bits per heavy atom. The number of alkyl halides is 3. The van der Waals surface area contributed by atoms with Gasteiger partial charge in [-0.2, -0.15) is 13.2 Å². The molecule has 0 bridgehead atoms. The molecule has 4 aromatic carbocycles. The van der Waals surface area contributed by atoms with E-state index in [9.17, 15) is 31.9 Å². The molecule has 0 fully saturated rings. The van der Waals surface area contributed by atoms with Gasteiger partial charge in [-0.15, -0.1) is 0 Å². The number of anilines is 3. The third kappa shape index (κ3) is 9.78. The van der Waals surface area contributed by atoms with Crippen LogP contribution in [0.1, 0.15) is 12.0 Å². The van der Waals surface area contributed by atoms with E-state index in [1.807, 2.05) is 0 Å². The molecular formula is C32H27F5N4O4. The van der Waals surface area contributed by atoms with Gasteiger partial charge in [0.25, 0.3) is 0 Å². The molecule has 0 atom stereocenters. The van der Waals surface area contributed by atoms with E-state index in [0.29, 0.717) is 17.0 Å². The Labute approximate surface area is 254 Å². The van der Waals surface area contributed by atoms with Crippen molar-refractivity contribution in [2.75, 3.05) is 29.0 Å². The maximum Gasteiger partial charge on any atom is 0.405 e. The summed E-state index contributed by atoms with van der Waals surface area (Å²) in [7, 11) is 0. The lowest BCUT2D eigenvalue weighted by Crippen LogP contribution is -2.37. The van der Waals surface area contributed by atoms with Crippen molar-refractivity contribution < 1.29 is 41.1 Å². The van der Waals surface area contributed by atoms with Crippen LogP contribution >= 0.6 is 0 Å². The van der Waals surface area contributed by atoms with Crippen molar-refractivity contribution in [3.8, 4) is 22.6 Å². The Kier molecular flexibility index (Phi) is 10.3. The van der Waals surface area contributed by atoms with Gasteiger partial charge in [-0.25, -0.2) is 8.78 Å². The first kappa shape index (κ1) is 32.5. The van der Waals surface area contributed by atoms with Crippen molar-refractivity contribution in [1.29, 1.82) is 0 Å². The average molecular weight is 627 g/mol. The Morgan fingerprint density at radius 2 is 1.40 bits per heavy atom. The first-order valence-corrected chi connectivity index (χ1v) is 13.5. The predicted octanol–water partition coefficient (Wildman–Crippen LogP) is 6.79. The number of nitrogens with one attached hydrogen (secondary N) is 4. The molecule has 3 amide bonds. The standard InChI is InChI=1S/C32H27F5N4O4/c1-19-13-26(34)24(15-27(19)38-17-31(44)39-18-32(35,36)37)25-14-22(11-12-28(25)45-23-5-3-2-4-6-23)41-30(43)16-29(42)40-21-9-7-20(33)8-10-21/h2-15,38H,16-18H2,1H3,(H,39,44)(H,40,42)(H,41,43). The zero-order valence-electron chi connectivity index (χ0n) is 23.7. The number of carbonyl (C=O) groups excluding carboxylic acids is 3. The normalized spacial score (nSPS) is 11.0. The summed E-state index contributed by atoms with van der Waals surface area (Å²) in [5.41, 5.74) is 1.33. The third-order valence-electron chi connectivity index (χ3n) is 6.21. The monoisotopic (exact) mass is 626 g/mol. The van der Waals surface area contributed by atoms with Crippen molar-refractivity contribution in [2.45, 2.75) is 19.5 Å². The maximum atomic E-state index is 15.4. The molecule has 0 aliphatic heterocycles. The number of para-hydroxylation sites is 1. The molecule has 0 aromatic heterocycles. The number of ether oxygens (including phenoxy) is 1. The summed E-state index contributed by atoms with van der Waals surface area (Å²) in [6.07, 6.45) is -5.14. The Hall–Kier alpha value is -5.46. The average Bonchev–Trinajstić information content (AvgIpc) is 2.98. The highest BCUT2D eigenvalue weighted by molar-refractivity contribution is 6.08. The van der Waals surface area contributed by atoms with Gasteiger partial charge >= 0.3 is 6.18 Å². The highest BCUT2D eigenvalue weighted by Gasteiger charge is 2.27. The first-order valence-electron chi connectivity index (χ1n) is 13.5. The highest BCUT2D eigenvalue weighted by atomic mass is 19.4. The summed E-state index contributed by atoms with van der Waals surface area (Å²) < 4.78 is 71.9. The number of carbonyl (C=O) groups is 3. The molecule has 0 aliphatic rings. The largest absolute Gasteiger partial charge is 0.457 e. The van der Waals surface area contributed by atoms with E-state index in [0.717, 1.165) is 12.1 Å². The molecule has 0 aliphatic carbocycles. The zero-order chi connectivity index (χ0) is 32.6. The smallest absolute Gasteiger partial charge is 0.405 e. The van der Waals surface area contributed by atoms with Crippen LogP contribution < -0.4 is 26.0 Å². The number of hydrogen-bond acceptors (Lipinski definition) is 5. The lowest BCUT2D eigenvalue weighted by Gasteiger charge is -2.17. The Bertz CT molecular complexity index is 1680. The van der Waals surface area contributed by atoms with E-state index in [2.05, 4.69) is 16.0 Å². The molecule has 13 heteroatoms. The van der Waals surface area contributed by atoms with Crippen molar-refractivity contribution in [3.05, 3.63) is 102 Å². The minimum atomic E-state index is -4.57. The fraction of sp³-hybridized carbons (Fsp3) is 0.156. The van der Waals surface area contributed by atoms with Crippen LogP contribution in [0.25, 0.3) is 11.1 Å². The predicted molar refractivity (Wildman–Crippen MR) is 159 cm³/mol. The summed E-state index contributed by atoms with van der Waals surface area (Å²) >= 11 is 0. The second-order valence-electron chi connectivity index (χ2n) is 9.80. The van der Waals surface area contributed by atoms with E-state index in [-0.39, 0.29) is 28.3 Å². The molecule has 4 aromatic rings. The van der Waals surface area contributed by atoms with Gasteiger partial charge in [-0.05, 0) is 79.2 Å². The van der Waals surface area contributed by atoms with Gasteiger partial charge in [0.2, 0.25) is 17.7 Å². The summed E-state index contributed by atoms with van der Waals surface area (Å²) in [5.74, 6) is -2.79. The first-order chi connectivity index (χ1) is 21.4. The minimum Gasteiger partial charge on any atom is -0.457 e. The van der Waals surface area contributed by atoms with Gasteiger partial charge in [0.15, 0.2) is 0 Å². The van der Waals surface area contributed by atoms with E-state index < -0.39 is 55.0 Å². The summed E-state index contributed by atoms with van der Waals surface area (Å²) in [6.45, 7) is -0.447. The van der Waals surface area contributed by atoms with Crippen molar-refractivity contribution in [2.24, 2.45) is 0 Å². The number of hydrogen-bond donors (Lipinski definition) is 4. The summed E-state index contributed by atoms with van der Waals surface area (Å²) in [5, 5.41) is 9.55. The van der Waals surface area contributed by atoms with Gasteiger partial charge in [0, 0.05) is 28.2 Å². The maximum absolute atomic E-state index is 15.4. The molecule has 0 saturated carbocycles. The zero-order valence-corrected chi connectivity index (χ0v) is 23.7. The Morgan fingerprint density at radius 1 is 0.756 bits per heavy atom. The van der Waals surface area contributed by atoms with Crippen LogP contribution in [0.5, 0.6) is 11.5 Å². The number of benzene rings is 4. The number of halogens is 5. The molecule has 234 valence electrons. The second kappa shape index (κ2) is 14.3. The van der Waals surface area contributed by atoms with Crippen molar-refractivity contribution >= 4 is 34.8 Å². The molecule has 8 nitrogen and oxygen atoms in total. The van der Waals surface area contributed by atoms with Crippen LogP contribution in [0.2, 0.25) is 0 Å². The van der Waals surface area contributed by atoms with Crippen LogP contribution in [0.4, 0.5) is 39.0 Å². The summed E-state index contributed by atoms with van der Waals surface area (Å²) in [4.78, 5) is 36.9. The molecule has 0 spiro atoms. The Balaban J connectivity index is 1.57. The summed E-state index contributed by atoms with van der Waals surface area (Å²) in [6, 6.07) is 20.6. The molecule has 0 radical (unpaired) electrons.